The van der Waals surface area contributed by atoms with Crippen molar-refractivity contribution in [3.63, 3.8) is 0 Å². The first kappa shape index (κ1) is 18.5. The van der Waals surface area contributed by atoms with Gasteiger partial charge >= 0.3 is 0 Å². The van der Waals surface area contributed by atoms with Crippen molar-refractivity contribution in [1.29, 1.82) is 0 Å². The summed E-state index contributed by atoms with van der Waals surface area (Å²) in [6.45, 7) is 1.62. The van der Waals surface area contributed by atoms with Crippen molar-refractivity contribution in [2.75, 3.05) is 5.32 Å². The molecule has 2 N–H and O–H groups in total. The average Bonchev–Trinajstić information content (AvgIpc) is 3.41. The third-order valence-electron chi connectivity index (χ3n) is 3.89. The predicted molar refractivity (Wildman–Crippen MR) is 102 cm³/mol. The maximum absolute atomic E-state index is 12.3. The molecule has 5 nitrogen and oxygen atoms in total. The highest BCUT2D eigenvalue weighted by Gasteiger charge is 2.23. The van der Waals surface area contributed by atoms with E-state index in [0.29, 0.717) is 33.1 Å². The summed E-state index contributed by atoms with van der Waals surface area (Å²) in [7, 11) is 0. The van der Waals surface area contributed by atoms with Crippen molar-refractivity contribution >= 4 is 40.7 Å². The van der Waals surface area contributed by atoms with E-state index in [0.717, 1.165) is 12.8 Å². The van der Waals surface area contributed by atoms with Crippen molar-refractivity contribution < 1.29 is 14.3 Å². The molecule has 1 saturated carbocycles. The van der Waals surface area contributed by atoms with E-state index in [9.17, 15) is 9.59 Å². The van der Waals surface area contributed by atoms with Gasteiger partial charge in [-0.15, -0.1) is 0 Å². The second kappa shape index (κ2) is 7.98. The lowest BCUT2D eigenvalue weighted by molar-refractivity contribution is -0.122. The van der Waals surface area contributed by atoms with Gasteiger partial charge in [0, 0.05) is 22.3 Å². The van der Waals surface area contributed by atoms with Gasteiger partial charge in [0.1, 0.15) is 5.75 Å². The summed E-state index contributed by atoms with van der Waals surface area (Å²) in [6, 6.07) is 11.8. The quantitative estimate of drug-likeness (QED) is 0.770. The molecule has 26 heavy (non-hydrogen) atoms. The summed E-state index contributed by atoms with van der Waals surface area (Å²) in [6.07, 6.45) is 1.32. The van der Waals surface area contributed by atoms with Crippen LogP contribution in [0.15, 0.2) is 42.5 Å². The van der Waals surface area contributed by atoms with E-state index < -0.39 is 6.10 Å². The van der Waals surface area contributed by atoms with Crippen LogP contribution < -0.4 is 15.4 Å². The van der Waals surface area contributed by atoms with Crippen LogP contribution >= 0.6 is 23.2 Å². The topological polar surface area (TPSA) is 67.4 Å². The number of halogens is 2. The molecule has 7 heteroatoms. The zero-order valence-electron chi connectivity index (χ0n) is 14.1. The zero-order valence-corrected chi connectivity index (χ0v) is 15.6. The van der Waals surface area contributed by atoms with E-state index in [1.165, 1.54) is 0 Å². The molecule has 0 unspecified atom stereocenters. The van der Waals surface area contributed by atoms with Crippen LogP contribution in [0.5, 0.6) is 5.75 Å². The van der Waals surface area contributed by atoms with Gasteiger partial charge in [0.25, 0.3) is 11.8 Å². The monoisotopic (exact) mass is 392 g/mol. The fourth-order valence-electron chi connectivity index (χ4n) is 2.26. The van der Waals surface area contributed by atoms with Crippen LogP contribution in [0.4, 0.5) is 5.69 Å². The fraction of sp³-hybridized carbons (Fsp3) is 0.263. The van der Waals surface area contributed by atoms with Crippen LogP contribution in [0.25, 0.3) is 0 Å². The number of carbonyl (C=O) groups excluding carboxylic acids is 2. The Labute approximate surface area is 161 Å². The molecule has 2 amide bonds. The SMILES string of the molecule is C[C@H](Oc1ccc(Cl)cc1Cl)C(=O)Nc1ccc(C(=O)NC2CC2)cc1. The second-order valence-electron chi connectivity index (χ2n) is 6.15. The number of nitrogens with one attached hydrogen (secondary N) is 2. The number of ether oxygens (including phenoxy) is 1. The molecule has 0 radical (unpaired) electrons. The molecule has 0 spiro atoms. The van der Waals surface area contributed by atoms with Crippen molar-refractivity contribution in [3.05, 3.63) is 58.1 Å². The molecule has 1 aliphatic carbocycles. The lowest BCUT2D eigenvalue weighted by Gasteiger charge is -2.16. The smallest absolute Gasteiger partial charge is 0.265 e. The molecule has 0 saturated heterocycles. The maximum Gasteiger partial charge on any atom is 0.265 e. The summed E-state index contributed by atoms with van der Waals surface area (Å²) in [5, 5.41) is 6.49. The van der Waals surface area contributed by atoms with Crippen LogP contribution in [0.3, 0.4) is 0 Å². The molecule has 0 aromatic heterocycles. The van der Waals surface area contributed by atoms with Gasteiger partial charge in [-0.2, -0.15) is 0 Å². The number of carbonyl (C=O) groups is 2. The molecule has 1 aliphatic rings. The molecular formula is C19H18Cl2N2O3. The van der Waals surface area contributed by atoms with Gasteiger partial charge in [-0.1, -0.05) is 23.2 Å². The molecule has 2 aromatic rings. The normalized spacial score (nSPS) is 14.4. The lowest BCUT2D eigenvalue weighted by Crippen LogP contribution is -2.30. The maximum atomic E-state index is 12.3. The highest BCUT2D eigenvalue weighted by molar-refractivity contribution is 6.35. The Bertz CT molecular complexity index is 820. The van der Waals surface area contributed by atoms with Gasteiger partial charge in [-0.05, 0) is 62.2 Å². The number of rotatable bonds is 6. The largest absolute Gasteiger partial charge is 0.479 e. The molecule has 1 atom stereocenters. The molecule has 1 fully saturated rings. The first-order valence-corrected chi connectivity index (χ1v) is 9.01. The minimum Gasteiger partial charge on any atom is -0.479 e. The summed E-state index contributed by atoms with van der Waals surface area (Å²) < 4.78 is 5.58. The van der Waals surface area contributed by atoms with Crippen LogP contribution in [-0.2, 0) is 4.79 Å². The Morgan fingerprint density at radius 3 is 2.42 bits per heavy atom. The van der Waals surface area contributed by atoms with Gasteiger partial charge in [-0.3, -0.25) is 9.59 Å². The number of benzene rings is 2. The van der Waals surface area contributed by atoms with Crippen molar-refractivity contribution in [2.24, 2.45) is 0 Å². The van der Waals surface area contributed by atoms with Crippen LogP contribution in [-0.4, -0.2) is 24.0 Å². The van der Waals surface area contributed by atoms with Gasteiger partial charge < -0.3 is 15.4 Å². The molecule has 0 bridgehead atoms. The number of hydrogen-bond acceptors (Lipinski definition) is 3. The Kier molecular flexibility index (Phi) is 5.69. The molecule has 0 aliphatic heterocycles. The second-order valence-corrected chi connectivity index (χ2v) is 6.99. The van der Waals surface area contributed by atoms with E-state index in [1.54, 1.807) is 49.4 Å². The van der Waals surface area contributed by atoms with E-state index in [-0.39, 0.29) is 11.8 Å². The third kappa shape index (κ3) is 4.90. The third-order valence-corrected chi connectivity index (χ3v) is 4.42. The van der Waals surface area contributed by atoms with Crippen LogP contribution in [0.2, 0.25) is 10.0 Å². The Morgan fingerprint density at radius 1 is 1.12 bits per heavy atom. The van der Waals surface area contributed by atoms with Gasteiger partial charge in [-0.25, -0.2) is 0 Å². The van der Waals surface area contributed by atoms with E-state index in [1.807, 2.05) is 0 Å². The van der Waals surface area contributed by atoms with Crippen molar-refractivity contribution in [1.82, 2.24) is 5.32 Å². The van der Waals surface area contributed by atoms with E-state index in [4.69, 9.17) is 27.9 Å². The molecular weight excluding hydrogens is 375 g/mol. The van der Waals surface area contributed by atoms with E-state index in [2.05, 4.69) is 10.6 Å². The Hall–Kier alpha value is -2.24. The zero-order chi connectivity index (χ0) is 18.7. The molecule has 0 heterocycles. The van der Waals surface area contributed by atoms with Gasteiger partial charge in [0.2, 0.25) is 0 Å². The minimum absolute atomic E-state index is 0.0977. The first-order chi connectivity index (χ1) is 12.4. The summed E-state index contributed by atoms with van der Waals surface area (Å²) in [5.74, 6) is -0.0449. The lowest BCUT2D eigenvalue weighted by atomic mass is 10.2. The highest BCUT2D eigenvalue weighted by atomic mass is 35.5. The standard InChI is InChI=1S/C19H18Cl2N2O3/c1-11(26-17-9-4-13(20)10-16(17)21)18(24)22-14-5-2-12(3-6-14)19(25)23-15-7-8-15/h2-6,9-11,15H,7-8H2,1H3,(H,22,24)(H,23,25)/t11-/m0/s1. The Balaban J connectivity index is 1.57. The fourth-order valence-corrected chi connectivity index (χ4v) is 2.71. The number of amides is 2. The molecule has 2 aromatic carbocycles. The van der Waals surface area contributed by atoms with E-state index >= 15 is 0 Å². The van der Waals surface area contributed by atoms with Crippen molar-refractivity contribution in [2.45, 2.75) is 31.9 Å². The summed E-state index contributed by atoms with van der Waals surface area (Å²) in [5.41, 5.74) is 1.14. The van der Waals surface area contributed by atoms with Crippen LogP contribution in [0, 0.1) is 0 Å². The minimum atomic E-state index is -0.758. The van der Waals surface area contributed by atoms with Gasteiger partial charge in [0.05, 0.1) is 5.02 Å². The molecule has 3 rings (SSSR count). The van der Waals surface area contributed by atoms with Gasteiger partial charge in [0.15, 0.2) is 6.10 Å². The summed E-state index contributed by atoms with van der Waals surface area (Å²) in [4.78, 5) is 24.2. The average molecular weight is 393 g/mol. The van der Waals surface area contributed by atoms with Crippen LogP contribution in [0.1, 0.15) is 30.1 Å². The summed E-state index contributed by atoms with van der Waals surface area (Å²) >= 11 is 11.9. The Morgan fingerprint density at radius 2 is 1.81 bits per heavy atom. The first-order valence-electron chi connectivity index (χ1n) is 8.26. The predicted octanol–water partition coefficient (Wildman–Crippen LogP) is 4.29. The van der Waals surface area contributed by atoms with Crippen molar-refractivity contribution in [3.8, 4) is 5.75 Å². The number of anilines is 1. The highest BCUT2D eigenvalue weighted by Crippen LogP contribution is 2.28. The number of hydrogen-bond donors (Lipinski definition) is 2. The molecule has 136 valence electrons.